The standard InChI is InChI=1S/C14H19F3N2O/c1-10(2)19(9-14(15,16)17)13(20)12(18)8-11-6-4-3-5-7-11/h3-7,10,12H,8-9,18H2,1-2H3/t12-/m1/s1. The molecule has 0 aliphatic heterocycles. The number of rotatable bonds is 5. The van der Waals surface area contributed by atoms with Crippen molar-refractivity contribution in [1.29, 1.82) is 0 Å². The van der Waals surface area contributed by atoms with Gasteiger partial charge in [0.05, 0.1) is 6.04 Å². The molecule has 1 aromatic rings. The molecular weight excluding hydrogens is 269 g/mol. The minimum absolute atomic E-state index is 0.223. The number of alkyl halides is 3. The Morgan fingerprint density at radius 3 is 2.25 bits per heavy atom. The summed E-state index contributed by atoms with van der Waals surface area (Å²) in [5, 5.41) is 0. The van der Waals surface area contributed by atoms with Crippen LogP contribution in [0.2, 0.25) is 0 Å². The largest absolute Gasteiger partial charge is 0.406 e. The molecule has 1 atom stereocenters. The molecule has 0 aliphatic carbocycles. The first-order chi connectivity index (χ1) is 9.20. The zero-order valence-electron chi connectivity index (χ0n) is 11.5. The molecule has 1 aromatic carbocycles. The molecule has 0 spiro atoms. The molecule has 0 saturated carbocycles. The van der Waals surface area contributed by atoms with Crippen molar-refractivity contribution in [1.82, 2.24) is 4.90 Å². The number of nitrogens with two attached hydrogens (primary N) is 1. The molecule has 2 N–H and O–H groups in total. The predicted molar refractivity (Wildman–Crippen MR) is 71.0 cm³/mol. The lowest BCUT2D eigenvalue weighted by atomic mass is 10.1. The van der Waals surface area contributed by atoms with E-state index in [2.05, 4.69) is 0 Å². The molecule has 0 heterocycles. The Balaban J connectivity index is 2.74. The number of carbonyl (C=O) groups is 1. The van der Waals surface area contributed by atoms with Crippen LogP contribution >= 0.6 is 0 Å². The van der Waals surface area contributed by atoms with E-state index in [9.17, 15) is 18.0 Å². The van der Waals surface area contributed by atoms with Gasteiger partial charge in [-0.2, -0.15) is 13.2 Å². The topological polar surface area (TPSA) is 46.3 Å². The molecule has 0 aromatic heterocycles. The van der Waals surface area contributed by atoms with Crippen molar-refractivity contribution >= 4 is 5.91 Å². The normalized spacial score (nSPS) is 13.3. The lowest BCUT2D eigenvalue weighted by Crippen LogP contribution is -2.51. The van der Waals surface area contributed by atoms with Gasteiger partial charge in [-0.1, -0.05) is 30.3 Å². The fraction of sp³-hybridized carbons (Fsp3) is 0.500. The number of hydrogen-bond donors (Lipinski definition) is 1. The molecule has 0 fully saturated rings. The van der Waals surface area contributed by atoms with Crippen LogP contribution in [-0.2, 0) is 11.2 Å². The Labute approximate surface area is 116 Å². The maximum absolute atomic E-state index is 12.5. The van der Waals surface area contributed by atoms with Crippen LogP contribution in [0.1, 0.15) is 19.4 Å². The summed E-state index contributed by atoms with van der Waals surface area (Å²) in [5.41, 5.74) is 6.57. The van der Waals surface area contributed by atoms with E-state index in [1.807, 2.05) is 6.07 Å². The molecule has 6 heteroatoms. The summed E-state index contributed by atoms with van der Waals surface area (Å²) in [6.07, 6.45) is -4.20. The minimum atomic E-state index is -4.42. The second-order valence-electron chi connectivity index (χ2n) is 4.97. The molecule has 0 bridgehead atoms. The van der Waals surface area contributed by atoms with Gasteiger partial charge >= 0.3 is 6.18 Å². The van der Waals surface area contributed by atoms with E-state index in [-0.39, 0.29) is 6.42 Å². The highest BCUT2D eigenvalue weighted by Gasteiger charge is 2.35. The summed E-state index contributed by atoms with van der Waals surface area (Å²) in [6, 6.07) is 7.46. The molecule has 20 heavy (non-hydrogen) atoms. The van der Waals surface area contributed by atoms with Crippen LogP contribution in [0.4, 0.5) is 13.2 Å². The van der Waals surface area contributed by atoms with Crippen LogP contribution in [0.5, 0.6) is 0 Å². The van der Waals surface area contributed by atoms with Crippen molar-refractivity contribution in [3.63, 3.8) is 0 Å². The molecule has 1 amide bonds. The van der Waals surface area contributed by atoms with Gasteiger partial charge in [0.15, 0.2) is 0 Å². The van der Waals surface area contributed by atoms with Gasteiger partial charge in [-0.25, -0.2) is 0 Å². The maximum Gasteiger partial charge on any atom is 0.406 e. The Morgan fingerprint density at radius 2 is 1.80 bits per heavy atom. The van der Waals surface area contributed by atoms with E-state index in [1.165, 1.54) is 0 Å². The first-order valence-electron chi connectivity index (χ1n) is 6.37. The van der Waals surface area contributed by atoms with Crippen LogP contribution in [0.3, 0.4) is 0 Å². The van der Waals surface area contributed by atoms with Crippen LogP contribution in [0.15, 0.2) is 30.3 Å². The number of nitrogens with zero attached hydrogens (tertiary/aromatic N) is 1. The summed E-state index contributed by atoms with van der Waals surface area (Å²) in [4.78, 5) is 12.8. The Bertz CT molecular complexity index is 432. The number of carbonyl (C=O) groups excluding carboxylic acids is 1. The van der Waals surface area contributed by atoms with Crippen molar-refractivity contribution < 1.29 is 18.0 Å². The number of hydrogen-bond acceptors (Lipinski definition) is 2. The highest BCUT2D eigenvalue weighted by atomic mass is 19.4. The van der Waals surface area contributed by atoms with Gasteiger partial charge in [-0.3, -0.25) is 4.79 Å². The number of benzene rings is 1. The molecular formula is C14H19F3N2O. The lowest BCUT2D eigenvalue weighted by molar-refractivity contribution is -0.165. The van der Waals surface area contributed by atoms with Gasteiger partial charge in [-0.15, -0.1) is 0 Å². The van der Waals surface area contributed by atoms with Crippen LogP contribution < -0.4 is 5.73 Å². The highest BCUT2D eigenvalue weighted by Crippen LogP contribution is 2.19. The Kier molecular flexibility index (Phi) is 5.56. The number of amides is 1. The van der Waals surface area contributed by atoms with Gasteiger partial charge in [-0.05, 0) is 25.8 Å². The van der Waals surface area contributed by atoms with E-state index in [0.717, 1.165) is 10.5 Å². The summed E-state index contributed by atoms with van der Waals surface area (Å²) in [7, 11) is 0. The van der Waals surface area contributed by atoms with Gasteiger partial charge in [0.1, 0.15) is 6.54 Å². The predicted octanol–water partition coefficient (Wildman–Crippen LogP) is 2.36. The minimum Gasteiger partial charge on any atom is -0.330 e. The second kappa shape index (κ2) is 6.74. The summed E-state index contributed by atoms with van der Waals surface area (Å²) in [5.74, 6) is -0.679. The van der Waals surface area contributed by atoms with Gasteiger partial charge in [0.2, 0.25) is 5.91 Å². The molecule has 112 valence electrons. The van der Waals surface area contributed by atoms with Crippen LogP contribution in [0, 0.1) is 0 Å². The third kappa shape index (κ3) is 5.21. The van der Waals surface area contributed by atoms with E-state index >= 15 is 0 Å². The van der Waals surface area contributed by atoms with Crippen molar-refractivity contribution in [2.45, 2.75) is 38.5 Å². The molecule has 0 radical (unpaired) electrons. The quantitative estimate of drug-likeness (QED) is 0.904. The summed E-state index contributed by atoms with van der Waals surface area (Å²) in [6.45, 7) is 1.81. The Morgan fingerprint density at radius 1 is 1.25 bits per heavy atom. The van der Waals surface area contributed by atoms with Gasteiger partial charge < -0.3 is 10.6 Å². The van der Waals surface area contributed by atoms with Crippen molar-refractivity contribution in [3.05, 3.63) is 35.9 Å². The van der Waals surface area contributed by atoms with Gasteiger partial charge in [0.25, 0.3) is 0 Å². The second-order valence-corrected chi connectivity index (χ2v) is 4.97. The zero-order valence-corrected chi connectivity index (χ0v) is 11.5. The SMILES string of the molecule is CC(C)N(CC(F)(F)F)C(=O)[C@H](N)Cc1ccccc1. The fourth-order valence-electron chi connectivity index (χ4n) is 1.88. The summed E-state index contributed by atoms with van der Waals surface area (Å²) >= 11 is 0. The third-order valence-electron chi connectivity index (χ3n) is 2.87. The summed E-state index contributed by atoms with van der Waals surface area (Å²) < 4.78 is 37.4. The maximum atomic E-state index is 12.5. The van der Waals surface area contributed by atoms with Crippen molar-refractivity contribution in [2.75, 3.05) is 6.54 Å². The fourth-order valence-corrected chi connectivity index (χ4v) is 1.88. The third-order valence-corrected chi connectivity index (χ3v) is 2.87. The average Bonchev–Trinajstić information content (AvgIpc) is 2.35. The molecule has 0 aliphatic rings. The average molecular weight is 288 g/mol. The molecule has 0 unspecified atom stereocenters. The lowest BCUT2D eigenvalue weighted by Gasteiger charge is -2.30. The highest BCUT2D eigenvalue weighted by molar-refractivity contribution is 5.82. The molecule has 0 saturated heterocycles. The van der Waals surface area contributed by atoms with Gasteiger partial charge in [0, 0.05) is 6.04 Å². The smallest absolute Gasteiger partial charge is 0.330 e. The first kappa shape index (κ1) is 16.5. The van der Waals surface area contributed by atoms with E-state index in [0.29, 0.717) is 0 Å². The van der Waals surface area contributed by atoms with Crippen molar-refractivity contribution in [3.8, 4) is 0 Å². The zero-order chi connectivity index (χ0) is 15.3. The molecule has 3 nitrogen and oxygen atoms in total. The van der Waals surface area contributed by atoms with E-state index in [4.69, 9.17) is 5.73 Å². The van der Waals surface area contributed by atoms with Crippen molar-refractivity contribution in [2.24, 2.45) is 5.73 Å². The molecule has 1 rings (SSSR count). The monoisotopic (exact) mass is 288 g/mol. The Hall–Kier alpha value is -1.56. The van der Waals surface area contributed by atoms with E-state index < -0.39 is 30.7 Å². The first-order valence-corrected chi connectivity index (χ1v) is 6.37. The van der Waals surface area contributed by atoms with E-state index in [1.54, 1.807) is 38.1 Å². The van der Waals surface area contributed by atoms with Crippen LogP contribution in [-0.4, -0.2) is 35.6 Å². The van der Waals surface area contributed by atoms with Crippen LogP contribution in [0.25, 0.3) is 0 Å². The number of halogens is 3.